The maximum Gasteiger partial charge on any atom is 0.275 e. The molecule has 0 fully saturated rings. The molecule has 1 aliphatic rings. The SMILES string of the molecule is COc1ccc(CCC2=N/C(=C/c3cc(C)ccc3OC)C(=O)N2)cc1. The molecule has 134 valence electrons. The number of benzene rings is 2. The minimum Gasteiger partial charge on any atom is -0.497 e. The Morgan fingerprint density at radius 1 is 1.04 bits per heavy atom. The van der Waals surface area contributed by atoms with Crippen molar-refractivity contribution in [3.63, 3.8) is 0 Å². The standard InChI is InChI=1S/C21H22N2O3/c1-14-4-10-19(26-3)16(12-14)13-18-21(24)23-20(22-18)11-7-15-5-8-17(25-2)9-6-15/h4-6,8-10,12-13H,7,11H2,1-3H3,(H,22,23,24)/b18-13+. The van der Waals surface area contributed by atoms with Gasteiger partial charge in [0.15, 0.2) is 0 Å². The molecule has 0 radical (unpaired) electrons. The summed E-state index contributed by atoms with van der Waals surface area (Å²) >= 11 is 0. The molecule has 0 unspecified atom stereocenters. The van der Waals surface area contributed by atoms with E-state index in [0.29, 0.717) is 18.0 Å². The van der Waals surface area contributed by atoms with Gasteiger partial charge >= 0.3 is 0 Å². The lowest BCUT2D eigenvalue weighted by Crippen LogP contribution is -2.24. The highest BCUT2D eigenvalue weighted by molar-refractivity contribution is 6.14. The lowest BCUT2D eigenvalue weighted by atomic mass is 10.1. The van der Waals surface area contributed by atoms with Crippen molar-refractivity contribution in [1.29, 1.82) is 0 Å². The van der Waals surface area contributed by atoms with Crippen molar-refractivity contribution in [2.75, 3.05) is 14.2 Å². The van der Waals surface area contributed by atoms with Crippen LogP contribution in [0.3, 0.4) is 0 Å². The Morgan fingerprint density at radius 3 is 2.50 bits per heavy atom. The molecule has 1 aliphatic heterocycles. The summed E-state index contributed by atoms with van der Waals surface area (Å²) < 4.78 is 10.5. The number of hydrogen-bond acceptors (Lipinski definition) is 4. The Kier molecular flexibility index (Phi) is 5.37. The minimum absolute atomic E-state index is 0.182. The first-order valence-corrected chi connectivity index (χ1v) is 8.47. The molecular formula is C21H22N2O3. The predicted molar refractivity (Wildman–Crippen MR) is 103 cm³/mol. The van der Waals surface area contributed by atoms with E-state index in [2.05, 4.69) is 10.3 Å². The van der Waals surface area contributed by atoms with Crippen LogP contribution in [0.5, 0.6) is 11.5 Å². The first-order chi connectivity index (χ1) is 12.6. The molecule has 0 aromatic heterocycles. The van der Waals surface area contributed by atoms with E-state index in [0.717, 1.165) is 29.0 Å². The van der Waals surface area contributed by atoms with Crippen LogP contribution in [0.2, 0.25) is 0 Å². The number of nitrogens with one attached hydrogen (secondary N) is 1. The molecule has 0 saturated carbocycles. The Labute approximate surface area is 153 Å². The first-order valence-electron chi connectivity index (χ1n) is 8.47. The molecule has 1 amide bonds. The number of rotatable bonds is 6. The summed E-state index contributed by atoms with van der Waals surface area (Å²) in [5, 5.41) is 2.85. The van der Waals surface area contributed by atoms with Crippen molar-refractivity contribution < 1.29 is 14.3 Å². The van der Waals surface area contributed by atoms with E-state index in [-0.39, 0.29) is 5.91 Å². The molecule has 2 aromatic carbocycles. The zero-order valence-electron chi connectivity index (χ0n) is 15.2. The molecule has 0 spiro atoms. The fraction of sp³-hybridized carbons (Fsp3) is 0.238. The van der Waals surface area contributed by atoms with Crippen molar-refractivity contribution in [2.24, 2.45) is 4.99 Å². The third-order valence-corrected chi connectivity index (χ3v) is 4.23. The van der Waals surface area contributed by atoms with E-state index in [9.17, 15) is 4.79 Å². The summed E-state index contributed by atoms with van der Waals surface area (Å²) in [5.74, 6) is 2.05. The maximum atomic E-state index is 12.2. The summed E-state index contributed by atoms with van der Waals surface area (Å²) in [6.07, 6.45) is 3.23. The second-order valence-corrected chi connectivity index (χ2v) is 6.14. The Bertz CT molecular complexity index is 867. The molecule has 3 rings (SSSR count). The summed E-state index contributed by atoms with van der Waals surface area (Å²) in [6.45, 7) is 2.00. The number of methoxy groups -OCH3 is 2. The average molecular weight is 350 g/mol. The molecule has 0 aliphatic carbocycles. The van der Waals surface area contributed by atoms with Gasteiger partial charge < -0.3 is 14.8 Å². The Hall–Kier alpha value is -3.08. The molecule has 2 aromatic rings. The molecule has 5 nitrogen and oxygen atoms in total. The van der Waals surface area contributed by atoms with Gasteiger partial charge in [-0.25, -0.2) is 4.99 Å². The number of amidine groups is 1. The summed E-state index contributed by atoms with van der Waals surface area (Å²) in [6, 6.07) is 13.7. The van der Waals surface area contributed by atoms with Gasteiger partial charge in [0, 0.05) is 12.0 Å². The highest BCUT2D eigenvalue weighted by Gasteiger charge is 2.20. The van der Waals surface area contributed by atoms with Gasteiger partial charge in [-0.15, -0.1) is 0 Å². The van der Waals surface area contributed by atoms with Crippen LogP contribution in [0.4, 0.5) is 0 Å². The number of carbonyl (C=O) groups is 1. The molecule has 0 saturated heterocycles. The highest BCUT2D eigenvalue weighted by Crippen LogP contribution is 2.24. The summed E-state index contributed by atoms with van der Waals surface area (Å²) in [7, 11) is 3.26. The van der Waals surface area contributed by atoms with Crippen molar-refractivity contribution in [1.82, 2.24) is 5.32 Å². The van der Waals surface area contributed by atoms with Crippen LogP contribution in [0.25, 0.3) is 6.08 Å². The number of ether oxygens (including phenoxy) is 2. The van der Waals surface area contributed by atoms with E-state index >= 15 is 0 Å². The van der Waals surface area contributed by atoms with Crippen LogP contribution in [-0.2, 0) is 11.2 Å². The van der Waals surface area contributed by atoms with Crippen LogP contribution >= 0.6 is 0 Å². The average Bonchev–Trinajstić information content (AvgIpc) is 3.00. The number of aliphatic imine (C=N–C) groups is 1. The van der Waals surface area contributed by atoms with Gasteiger partial charge in [0.1, 0.15) is 23.0 Å². The molecule has 5 heteroatoms. The first kappa shape index (κ1) is 17.7. The number of carbonyl (C=O) groups excluding carboxylic acids is 1. The Balaban J connectivity index is 1.73. The second-order valence-electron chi connectivity index (χ2n) is 6.14. The van der Waals surface area contributed by atoms with Crippen molar-refractivity contribution in [2.45, 2.75) is 19.8 Å². The van der Waals surface area contributed by atoms with E-state index in [1.165, 1.54) is 5.56 Å². The van der Waals surface area contributed by atoms with Gasteiger partial charge in [-0.2, -0.15) is 0 Å². The minimum atomic E-state index is -0.182. The largest absolute Gasteiger partial charge is 0.497 e. The van der Waals surface area contributed by atoms with Crippen LogP contribution in [0.1, 0.15) is 23.1 Å². The van der Waals surface area contributed by atoms with Gasteiger partial charge in [-0.05, 0) is 49.2 Å². The second kappa shape index (κ2) is 7.87. The van der Waals surface area contributed by atoms with Gasteiger partial charge in [0.05, 0.1) is 14.2 Å². The zero-order chi connectivity index (χ0) is 18.5. The summed E-state index contributed by atoms with van der Waals surface area (Å²) in [4.78, 5) is 16.7. The van der Waals surface area contributed by atoms with Gasteiger partial charge in [-0.1, -0.05) is 23.8 Å². The number of hydrogen-bond donors (Lipinski definition) is 1. The quantitative estimate of drug-likeness (QED) is 0.811. The molecule has 1 heterocycles. The van der Waals surface area contributed by atoms with E-state index in [4.69, 9.17) is 9.47 Å². The zero-order valence-corrected chi connectivity index (χ0v) is 15.2. The highest BCUT2D eigenvalue weighted by atomic mass is 16.5. The van der Waals surface area contributed by atoms with Crippen LogP contribution in [-0.4, -0.2) is 26.0 Å². The van der Waals surface area contributed by atoms with Crippen molar-refractivity contribution in [3.05, 3.63) is 64.9 Å². The third kappa shape index (κ3) is 4.11. The van der Waals surface area contributed by atoms with Crippen molar-refractivity contribution in [3.8, 4) is 11.5 Å². The number of amides is 1. The smallest absolute Gasteiger partial charge is 0.275 e. The predicted octanol–water partition coefficient (Wildman–Crippen LogP) is 3.51. The normalized spacial score (nSPS) is 15.0. The Morgan fingerprint density at radius 2 is 1.81 bits per heavy atom. The fourth-order valence-corrected chi connectivity index (χ4v) is 2.80. The number of aryl methyl sites for hydroxylation is 2. The maximum absolute atomic E-state index is 12.2. The van der Waals surface area contributed by atoms with Crippen LogP contribution in [0, 0.1) is 6.92 Å². The van der Waals surface area contributed by atoms with E-state index < -0.39 is 0 Å². The fourth-order valence-electron chi connectivity index (χ4n) is 2.80. The molecule has 0 bridgehead atoms. The lowest BCUT2D eigenvalue weighted by molar-refractivity contribution is -0.115. The van der Waals surface area contributed by atoms with Gasteiger partial charge in [-0.3, -0.25) is 4.79 Å². The molecular weight excluding hydrogens is 328 g/mol. The van der Waals surface area contributed by atoms with E-state index in [1.54, 1.807) is 20.3 Å². The van der Waals surface area contributed by atoms with E-state index in [1.807, 2.05) is 49.4 Å². The topological polar surface area (TPSA) is 59.9 Å². The lowest BCUT2D eigenvalue weighted by Gasteiger charge is -2.05. The molecule has 26 heavy (non-hydrogen) atoms. The van der Waals surface area contributed by atoms with Crippen molar-refractivity contribution >= 4 is 17.8 Å². The molecule has 0 atom stereocenters. The van der Waals surface area contributed by atoms with Gasteiger partial charge in [0.25, 0.3) is 5.91 Å². The number of nitrogens with zero attached hydrogens (tertiary/aromatic N) is 1. The summed E-state index contributed by atoms with van der Waals surface area (Å²) in [5.41, 5.74) is 3.51. The van der Waals surface area contributed by atoms with Crippen LogP contribution < -0.4 is 14.8 Å². The monoisotopic (exact) mass is 350 g/mol. The van der Waals surface area contributed by atoms with Gasteiger partial charge in [0.2, 0.25) is 0 Å². The third-order valence-electron chi connectivity index (χ3n) is 4.23. The molecule has 1 N–H and O–H groups in total. The van der Waals surface area contributed by atoms with Crippen LogP contribution in [0.15, 0.2) is 53.2 Å².